The van der Waals surface area contributed by atoms with Crippen molar-refractivity contribution >= 4 is 5.91 Å². The monoisotopic (exact) mass is 261 g/mol. The highest BCUT2D eigenvalue weighted by Gasteiger charge is 2.09. The number of rotatable bonds is 5. The summed E-state index contributed by atoms with van der Waals surface area (Å²) in [6, 6.07) is 6.18. The van der Waals surface area contributed by atoms with Gasteiger partial charge in [0.1, 0.15) is 12.1 Å². The fourth-order valence-electron chi connectivity index (χ4n) is 1.90. The van der Waals surface area contributed by atoms with Crippen LogP contribution in [-0.4, -0.2) is 22.0 Å². The van der Waals surface area contributed by atoms with Crippen LogP contribution in [0, 0.1) is 5.82 Å². The van der Waals surface area contributed by atoms with E-state index in [9.17, 15) is 9.18 Å². The van der Waals surface area contributed by atoms with Gasteiger partial charge in [-0.3, -0.25) is 9.36 Å². The Morgan fingerprint density at radius 1 is 1.26 bits per heavy atom. The van der Waals surface area contributed by atoms with Gasteiger partial charge in [0.05, 0.1) is 0 Å². The summed E-state index contributed by atoms with van der Waals surface area (Å²) in [7, 11) is 0. The minimum Gasteiger partial charge on any atom is -0.330 e. The molecule has 1 heterocycles. The molecule has 0 radical (unpaired) electrons. The number of aryl methyl sites for hydroxylation is 1. The molecule has 4 nitrogen and oxygen atoms in total. The molecular weight excluding hydrogens is 245 g/mol. The Kier molecular flexibility index (Phi) is 4.41. The highest BCUT2D eigenvalue weighted by atomic mass is 19.1. The van der Waals surface area contributed by atoms with Crippen LogP contribution in [0.2, 0.25) is 0 Å². The molecule has 1 aromatic carbocycles. The zero-order chi connectivity index (χ0) is 13.7. The second-order valence-corrected chi connectivity index (χ2v) is 4.31. The number of imidazole rings is 1. The molecule has 2 aromatic rings. The van der Waals surface area contributed by atoms with Crippen molar-refractivity contribution in [1.29, 1.82) is 0 Å². The molecule has 0 unspecified atom stereocenters. The third-order valence-corrected chi connectivity index (χ3v) is 2.93. The molecule has 0 atom stereocenters. The second kappa shape index (κ2) is 6.24. The van der Waals surface area contributed by atoms with Gasteiger partial charge in [-0.05, 0) is 30.7 Å². The summed E-state index contributed by atoms with van der Waals surface area (Å²) in [5, 5.41) is 0. The van der Waals surface area contributed by atoms with E-state index < -0.39 is 0 Å². The molecule has 0 spiro atoms. The molecule has 19 heavy (non-hydrogen) atoms. The molecule has 0 amide bonds. The van der Waals surface area contributed by atoms with Gasteiger partial charge in [-0.25, -0.2) is 9.37 Å². The van der Waals surface area contributed by atoms with E-state index in [0.717, 1.165) is 11.3 Å². The predicted molar refractivity (Wildman–Crippen MR) is 70.3 cm³/mol. The minimum absolute atomic E-state index is 0.0229. The molecular formula is C14H16FN3O. The van der Waals surface area contributed by atoms with E-state index in [2.05, 4.69) is 4.98 Å². The maximum atomic E-state index is 12.8. The third-order valence-electron chi connectivity index (χ3n) is 2.93. The van der Waals surface area contributed by atoms with Crippen molar-refractivity contribution in [3.63, 3.8) is 0 Å². The van der Waals surface area contributed by atoms with Crippen LogP contribution in [0.25, 0.3) is 0 Å². The Morgan fingerprint density at radius 3 is 2.68 bits per heavy atom. The van der Waals surface area contributed by atoms with E-state index in [-0.39, 0.29) is 11.7 Å². The first kappa shape index (κ1) is 13.4. The molecule has 0 aliphatic rings. The molecule has 0 fully saturated rings. The lowest BCUT2D eigenvalue weighted by Gasteiger charge is -2.06. The van der Waals surface area contributed by atoms with E-state index in [4.69, 9.17) is 5.73 Å². The molecule has 2 rings (SSSR count). The first-order valence-corrected chi connectivity index (χ1v) is 6.19. The zero-order valence-electron chi connectivity index (χ0n) is 10.6. The normalized spacial score (nSPS) is 10.6. The first-order valence-electron chi connectivity index (χ1n) is 6.19. The Labute approximate surface area is 111 Å². The van der Waals surface area contributed by atoms with Crippen LogP contribution in [0.4, 0.5) is 4.39 Å². The summed E-state index contributed by atoms with van der Waals surface area (Å²) in [4.78, 5) is 16.0. The molecule has 0 saturated heterocycles. The number of carbonyl (C=O) groups excluding carboxylic acids is 1. The van der Waals surface area contributed by atoms with Crippen molar-refractivity contribution in [2.75, 3.05) is 6.54 Å². The van der Waals surface area contributed by atoms with Crippen LogP contribution in [0.5, 0.6) is 0 Å². The maximum absolute atomic E-state index is 12.8. The predicted octanol–water partition coefficient (Wildman–Crippen LogP) is 1.80. The van der Waals surface area contributed by atoms with E-state index in [1.54, 1.807) is 18.3 Å². The highest BCUT2D eigenvalue weighted by molar-refractivity contribution is 5.79. The third kappa shape index (κ3) is 3.48. The number of nitrogens with zero attached hydrogens (tertiary/aromatic N) is 2. The number of nitrogens with two attached hydrogens (primary N) is 1. The summed E-state index contributed by atoms with van der Waals surface area (Å²) in [5.74, 6) is -0.291. The minimum atomic E-state index is -0.269. The summed E-state index contributed by atoms with van der Waals surface area (Å²) >= 11 is 0. The second-order valence-electron chi connectivity index (χ2n) is 4.31. The first-order chi connectivity index (χ1) is 9.20. The number of hydrogen-bond donors (Lipinski definition) is 1. The van der Waals surface area contributed by atoms with E-state index in [1.165, 1.54) is 23.0 Å². The molecule has 0 aliphatic carbocycles. The molecule has 5 heteroatoms. The molecule has 1 aromatic heterocycles. The lowest BCUT2D eigenvalue weighted by Crippen LogP contribution is -2.16. The number of halogens is 1. The van der Waals surface area contributed by atoms with Crippen molar-refractivity contribution in [3.8, 4) is 0 Å². The van der Waals surface area contributed by atoms with Crippen LogP contribution in [0.1, 0.15) is 22.5 Å². The van der Waals surface area contributed by atoms with Crippen molar-refractivity contribution in [3.05, 3.63) is 53.9 Å². The van der Waals surface area contributed by atoms with Gasteiger partial charge in [-0.1, -0.05) is 12.1 Å². The Morgan fingerprint density at radius 2 is 2.00 bits per heavy atom. The number of hydrogen-bond acceptors (Lipinski definition) is 3. The summed E-state index contributed by atoms with van der Waals surface area (Å²) in [6.45, 7) is 0.483. The number of aromatic nitrogens is 2. The lowest BCUT2D eigenvalue weighted by molar-refractivity contribution is 0.0900. The smallest absolute Gasteiger partial charge is 0.232 e. The van der Waals surface area contributed by atoms with Crippen LogP contribution in [0.15, 0.2) is 36.8 Å². The summed E-state index contributed by atoms with van der Waals surface area (Å²) < 4.78 is 14.3. The molecule has 100 valence electrons. The number of benzene rings is 1. The van der Waals surface area contributed by atoms with Gasteiger partial charge in [0.15, 0.2) is 0 Å². The summed E-state index contributed by atoms with van der Waals surface area (Å²) in [5.41, 5.74) is 7.25. The molecule has 0 aliphatic heterocycles. The van der Waals surface area contributed by atoms with Crippen LogP contribution in [0.3, 0.4) is 0 Å². The quantitative estimate of drug-likeness (QED) is 0.892. The van der Waals surface area contributed by atoms with Gasteiger partial charge in [0.25, 0.3) is 0 Å². The van der Waals surface area contributed by atoms with E-state index in [1.807, 2.05) is 0 Å². The molecule has 2 N–H and O–H groups in total. The Bertz CT molecular complexity index is 548. The topological polar surface area (TPSA) is 60.9 Å². The average molecular weight is 261 g/mol. The van der Waals surface area contributed by atoms with Crippen molar-refractivity contribution in [2.24, 2.45) is 5.73 Å². The number of carbonyl (C=O) groups is 1. The van der Waals surface area contributed by atoms with Gasteiger partial charge in [-0.15, -0.1) is 0 Å². The fourth-order valence-corrected chi connectivity index (χ4v) is 1.90. The zero-order valence-corrected chi connectivity index (χ0v) is 10.6. The molecule has 0 bridgehead atoms. The van der Waals surface area contributed by atoms with Crippen molar-refractivity contribution < 1.29 is 9.18 Å². The van der Waals surface area contributed by atoms with Crippen molar-refractivity contribution in [2.45, 2.75) is 19.3 Å². The Balaban J connectivity index is 1.97. The van der Waals surface area contributed by atoms with Gasteiger partial charge in [0, 0.05) is 24.7 Å². The van der Waals surface area contributed by atoms with Gasteiger partial charge in [0.2, 0.25) is 5.91 Å². The fraction of sp³-hybridized carbons (Fsp3) is 0.286. The van der Waals surface area contributed by atoms with Crippen LogP contribution < -0.4 is 5.73 Å². The van der Waals surface area contributed by atoms with E-state index in [0.29, 0.717) is 25.8 Å². The lowest BCUT2D eigenvalue weighted by atomic mass is 10.1. The van der Waals surface area contributed by atoms with Crippen LogP contribution in [-0.2, 0) is 12.8 Å². The van der Waals surface area contributed by atoms with Gasteiger partial charge in [-0.2, -0.15) is 0 Å². The molecule has 0 saturated carbocycles. The van der Waals surface area contributed by atoms with Crippen LogP contribution >= 0.6 is 0 Å². The van der Waals surface area contributed by atoms with E-state index >= 15 is 0 Å². The largest absolute Gasteiger partial charge is 0.330 e. The summed E-state index contributed by atoms with van der Waals surface area (Å²) in [6.07, 6.45) is 4.74. The van der Waals surface area contributed by atoms with Gasteiger partial charge >= 0.3 is 0 Å². The maximum Gasteiger partial charge on any atom is 0.232 e. The Hall–Kier alpha value is -2.01. The van der Waals surface area contributed by atoms with Crippen molar-refractivity contribution in [1.82, 2.24) is 9.55 Å². The SMILES string of the molecule is NCCc1cncn1C(=O)CCc1ccc(F)cc1. The highest BCUT2D eigenvalue weighted by Crippen LogP contribution is 2.08. The average Bonchev–Trinajstić information content (AvgIpc) is 2.86. The van der Waals surface area contributed by atoms with Gasteiger partial charge < -0.3 is 5.73 Å². The standard InChI is InChI=1S/C14H16FN3O/c15-12-4-1-11(2-5-12)3-6-14(19)18-10-17-9-13(18)7-8-16/h1-2,4-5,9-10H,3,6-8,16H2.